The van der Waals surface area contributed by atoms with Crippen LogP contribution in [0.2, 0.25) is 0 Å². The minimum atomic E-state index is -3.75. The molecule has 0 saturated carbocycles. The number of aromatic nitrogens is 4. The molecule has 0 radical (unpaired) electrons. The van der Waals surface area contributed by atoms with E-state index in [-0.39, 0.29) is 10.9 Å². The molecule has 0 fully saturated rings. The number of benzene rings is 1. The Balaban J connectivity index is 2.02. The predicted molar refractivity (Wildman–Crippen MR) is 98.5 cm³/mol. The van der Waals surface area contributed by atoms with E-state index in [0.717, 1.165) is 17.4 Å². The summed E-state index contributed by atoms with van der Waals surface area (Å²) in [5.41, 5.74) is 1.50. The molecule has 3 aromatic rings. The summed E-state index contributed by atoms with van der Waals surface area (Å²) in [6.45, 7) is 2.00. The van der Waals surface area contributed by atoms with Gasteiger partial charge in [0, 0.05) is 7.05 Å². The minimum absolute atomic E-state index is 0.0839. The highest BCUT2D eigenvalue weighted by Crippen LogP contribution is 2.30. The molecular weight excluding hydrogens is 408 g/mol. The van der Waals surface area contributed by atoms with Crippen LogP contribution in [0, 0.1) is 0 Å². The Kier molecular flexibility index (Phi) is 4.76. The van der Waals surface area contributed by atoms with Crippen molar-refractivity contribution in [3.05, 3.63) is 40.8 Å². The van der Waals surface area contributed by atoms with Crippen LogP contribution in [-0.4, -0.2) is 28.2 Å². The Morgan fingerprint density at radius 2 is 2.12 bits per heavy atom. The van der Waals surface area contributed by atoms with Crippen LogP contribution in [0.25, 0.3) is 11.0 Å². The molecule has 25 heavy (non-hydrogen) atoms. The molecule has 1 unspecified atom stereocenters. The van der Waals surface area contributed by atoms with Crippen molar-refractivity contribution in [3.63, 3.8) is 0 Å². The number of hydrogen-bond donors (Lipinski definition) is 2. The number of fused-ring (bicyclic) bond motifs is 1. The zero-order valence-electron chi connectivity index (χ0n) is 13.6. The maximum atomic E-state index is 11.6. The molecule has 3 rings (SSSR count). The van der Waals surface area contributed by atoms with Gasteiger partial charge in [0.15, 0.2) is 5.65 Å². The summed E-state index contributed by atoms with van der Waals surface area (Å²) >= 11 is 3.43. The van der Waals surface area contributed by atoms with Crippen LogP contribution < -0.4 is 10.5 Å². The van der Waals surface area contributed by atoms with E-state index in [9.17, 15) is 8.42 Å². The average Bonchev–Trinajstić information content (AvgIpc) is 2.87. The summed E-state index contributed by atoms with van der Waals surface area (Å²) in [7, 11) is -1.95. The summed E-state index contributed by atoms with van der Waals surface area (Å²) < 4.78 is 25.5. The Hall–Kier alpha value is -2.04. The van der Waals surface area contributed by atoms with Crippen LogP contribution in [0.3, 0.4) is 0 Å². The van der Waals surface area contributed by atoms with Crippen molar-refractivity contribution in [2.45, 2.75) is 24.3 Å². The van der Waals surface area contributed by atoms with Crippen LogP contribution in [0.15, 0.2) is 40.1 Å². The second-order valence-corrected chi connectivity index (χ2v) is 7.87. The van der Waals surface area contributed by atoms with Gasteiger partial charge in [-0.05, 0) is 40.0 Å². The molecule has 0 aliphatic carbocycles. The first kappa shape index (κ1) is 17.8. The van der Waals surface area contributed by atoms with Crippen molar-refractivity contribution < 1.29 is 8.42 Å². The fourth-order valence-electron chi connectivity index (χ4n) is 2.64. The van der Waals surface area contributed by atoms with Crippen molar-refractivity contribution in [2.75, 3.05) is 5.32 Å². The van der Waals surface area contributed by atoms with Gasteiger partial charge in [0.25, 0.3) is 0 Å². The van der Waals surface area contributed by atoms with Gasteiger partial charge in [0.1, 0.15) is 16.7 Å². The molecule has 0 spiro atoms. The number of rotatable bonds is 5. The minimum Gasteiger partial charge on any atom is -0.363 e. The third kappa shape index (κ3) is 3.51. The van der Waals surface area contributed by atoms with Crippen LogP contribution >= 0.6 is 15.9 Å². The number of primary sulfonamides is 1. The molecular formula is C15H17BrN6O2S. The Bertz CT molecular complexity index is 1030. The number of sulfonamides is 1. The van der Waals surface area contributed by atoms with Gasteiger partial charge in [-0.2, -0.15) is 5.10 Å². The molecule has 8 nitrogen and oxygen atoms in total. The largest absolute Gasteiger partial charge is 0.363 e. The van der Waals surface area contributed by atoms with Crippen LogP contribution in [0.1, 0.15) is 24.9 Å². The maximum absolute atomic E-state index is 11.6. The lowest BCUT2D eigenvalue weighted by Gasteiger charge is -2.19. The standard InChI is InChI=1S/C15H17BrN6O2S/c1-3-11(9-5-4-6-10(7-9)25(17,23)24)20-14-12-13(16)21-22(2)15(12)19-8-18-14/h4-8,11H,3H2,1-2H3,(H2,17,23,24)(H,18,19,20). The van der Waals surface area contributed by atoms with Gasteiger partial charge in [0.05, 0.1) is 16.3 Å². The number of halogens is 1. The fraction of sp³-hybridized carbons (Fsp3) is 0.267. The molecule has 132 valence electrons. The molecule has 0 bridgehead atoms. The molecule has 0 saturated heterocycles. The zero-order valence-corrected chi connectivity index (χ0v) is 16.0. The van der Waals surface area contributed by atoms with Crippen molar-refractivity contribution in [2.24, 2.45) is 12.2 Å². The van der Waals surface area contributed by atoms with Crippen LogP contribution in [-0.2, 0) is 17.1 Å². The van der Waals surface area contributed by atoms with E-state index >= 15 is 0 Å². The molecule has 3 N–H and O–H groups in total. The second-order valence-electron chi connectivity index (χ2n) is 5.56. The normalized spacial score (nSPS) is 13.1. The lowest BCUT2D eigenvalue weighted by atomic mass is 10.0. The molecule has 1 atom stereocenters. The lowest BCUT2D eigenvalue weighted by molar-refractivity contribution is 0.597. The lowest BCUT2D eigenvalue weighted by Crippen LogP contribution is -2.15. The van der Waals surface area contributed by atoms with E-state index in [0.29, 0.717) is 16.1 Å². The molecule has 0 amide bonds. The SMILES string of the molecule is CCC(Nc1ncnc2c1c(Br)nn2C)c1cccc(S(N)(=O)=O)c1. The van der Waals surface area contributed by atoms with E-state index in [1.54, 1.807) is 23.9 Å². The van der Waals surface area contributed by atoms with E-state index in [4.69, 9.17) is 5.14 Å². The van der Waals surface area contributed by atoms with Gasteiger partial charge in [0.2, 0.25) is 10.0 Å². The van der Waals surface area contributed by atoms with Gasteiger partial charge >= 0.3 is 0 Å². The Labute approximate surface area is 153 Å². The highest BCUT2D eigenvalue weighted by Gasteiger charge is 2.18. The monoisotopic (exact) mass is 424 g/mol. The third-order valence-corrected chi connectivity index (χ3v) is 5.35. The van der Waals surface area contributed by atoms with Crippen molar-refractivity contribution in [1.82, 2.24) is 19.7 Å². The van der Waals surface area contributed by atoms with Gasteiger partial charge in [-0.25, -0.2) is 28.2 Å². The zero-order chi connectivity index (χ0) is 18.2. The summed E-state index contributed by atoms with van der Waals surface area (Å²) in [5.74, 6) is 0.623. The topological polar surface area (TPSA) is 116 Å². The molecule has 0 aliphatic heterocycles. The highest BCUT2D eigenvalue weighted by atomic mass is 79.9. The van der Waals surface area contributed by atoms with E-state index in [2.05, 4.69) is 36.3 Å². The average molecular weight is 425 g/mol. The smallest absolute Gasteiger partial charge is 0.238 e. The first-order valence-corrected chi connectivity index (χ1v) is 9.87. The number of nitrogens with zero attached hydrogens (tertiary/aromatic N) is 4. The summed E-state index contributed by atoms with van der Waals surface area (Å²) in [4.78, 5) is 8.64. The second kappa shape index (κ2) is 6.70. The molecule has 1 aromatic carbocycles. The Morgan fingerprint density at radius 3 is 2.80 bits per heavy atom. The number of anilines is 1. The third-order valence-electron chi connectivity index (χ3n) is 3.89. The first-order valence-electron chi connectivity index (χ1n) is 7.53. The molecule has 0 aliphatic rings. The Morgan fingerprint density at radius 1 is 1.36 bits per heavy atom. The summed E-state index contributed by atoms with van der Waals surface area (Å²) in [6.07, 6.45) is 2.18. The summed E-state index contributed by atoms with van der Waals surface area (Å²) in [6, 6.07) is 6.44. The van der Waals surface area contributed by atoms with Gasteiger partial charge in [-0.1, -0.05) is 19.1 Å². The highest BCUT2D eigenvalue weighted by molar-refractivity contribution is 9.10. The quantitative estimate of drug-likeness (QED) is 0.648. The number of nitrogens with one attached hydrogen (secondary N) is 1. The molecule has 10 heteroatoms. The van der Waals surface area contributed by atoms with Gasteiger partial charge in [-0.15, -0.1) is 0 Å². The summed E-state index contributed by atoms with van der Waals surface area (Å²) in [5, 5.41) is 13.6. The van der Waals surface area contributed by atoms with Crippen LogP contribution in [0.5, 0.6) is 0 Å². The number of nitrogens with two attached hydrogens (primary N) is 1. The van der Waals surface area contributed by atoms with E-state index < -0.39 is 10.0 Å². The van der Waals surface area contributed by atoms with Crippen molar-refractivity contribution in [3.8, 4) is 0 Å². The molecule has 2 heterocycles. The maximum Gasteiger partial charge on any atom is 0.238 e. The van der Waals surface area contributed by atoms with Gasteiger partial charge < -0.3 is 5.32 Å². The van der Waals surface area contributed by atoms with E-state index in [1.165, 1.54) is 12.4 Å². The van der Waals surface area contributed by atoms with Crippen LogP contribution in [0.4, 0.5) is 5.82 Å². The molecule has 2 aromatic heterocycles. The van der Waals surface area contributed by atoms with Crippen molar-refractivity contribution in [1.29, 1.82) is 0 Å². The van der Waals surface area contributed by atoms with Gasteiger partial charge in [-0.3, -0.25) is 0 Å². The fourth-order valence-corrected chi connectivity index (χ4v) is 3.82. The predicted octanol–water partition coefficient (Wildman–Crippen LogP) is 2.34. The van der Waals surface area contributed by atoms with E-state index in [1.807, 2.05) is 13.0 Å². The van der Waals surface area contributed by atoms with Crippen molar-refractivity contribution >= 4 is 42.8 Å². The number of hydrogen-bond acceptors (Lipinski definition) is 6. The first-order chi connectivity index (χ1) is 11.8. The number of aryl methyl sites for hydroxylation is 1.